The van der Waals surface area contributed by atoms with Crippen molar-refractivity contribution < 1.29 is 9.32 Å². The van der Waals surface area contributed by atoms with Gasteiger partial charge in [0.2, 0.25) is 0 Å². The number of rotatable bonds is 4. The summed E-state index contributed by atoms with van der Waals surface area (Å²) in [7, 11) is 0. The number of halogens is 1. The summed E-state index contributed by atoms with van der Waals surface area (Å²) in [4.78, 5) is 14.4. The van der Waals surface area contributed by atoms with Crippen molar-refractivity contribution in [2.24, 2.45) is 0 Å². The predicted octanol–water partition coefficient (Wildman–Crippen LogP) is 4.47. The average molecular weight is 383 g/mol. The highest BCUT2D eigenvalue weighted by Gasteiger charge is 2.22. The fourth-order valence-corrected chi connectivity index (χ4v) is 3.94. The molecule has 108 valence electrons. The first-order valence-electron chi connectivity index (χ1n) is 6.17. The lowest BCUT2D eigenvalue weighted by Crippen LogP contribution is -2.23. The molecule has 0 radical (unpaired) electrons. The Morgan fingerprint density at radius 3 is 2.95 bits per heavy atom. The minimum Gasteiger partial charge on any atom is -0.360 e. The van der Waals surface area contributed by atoms with Gasteiger partial charge in [-0.3, -0.25) is 4.79 Å². The van der Waals surface area contributed by atoms with E-state index in [2.05, 4.69) is 26.4 Å². The molecule has 3 rings (SSSR count). The van der Waals surface area contributed by atoms with Gasteiger partial charge in [-0.1, -0.05) is 11.2 Å². The van der Waals surface area contributed by atoms with Crippen LogP contribution in [0.3, 0.4) is 0 Å². The van der Waals surface area contributed by atoms with Gasteiger partial charge in [0.25, 0.3) is 5.91 Å². The van der Waals surface area contributed by atoms with Crippen LogP contribution in [0.5, 0.6) is 0 Å². The maximum Gasteiger partial charge on any atom is 0.257 e. The molecule has 0 bridgehead atoms. The highest BCUT2D eigenvalue weighted by atomic mass is 79.9. The topological polar surface area (TPSA) is 55.1 Å². The molecule has 4 nitrogen and oxygen atoms in total. The van der Waals surface area contributed by atoms with E-state index >= 15 is 0 Å². The Kier molecular flexibility index (Phi) is 4.23. The summed E-state index contributed by atoms with van der Waals surface area (Å²) in [6.45, 7) is 2.26. The molecule has 1 amide bonds. The third-order valence-corrected chi connectivity index (χ3v) is 5.41. The van der Waals surface area contributed by atoms with Crippen LogP contribution in [0, 0.1) is 6.92 Å². The molecule has 0 atom stereocenters. The molecule has 3 aromatic rings. The van der Waals surface area contributed by atoms with Crippen LogP contribution in [0.25, 0.3) is 10.6 Å². The van der Waals surface area contributed by atoms with Gasteiger partial charge >= 0.3 is 0 Å². The molecule has 1 N–H and O–H groups in total. The van der Waals surface area contributed by atoms with Gasteiger partial charge in [0, 0.05) is 4.88 Å². The Balaban J connectivity index is 1.84. The predicted molar refractivity (Wildman–Crippen MR) is 87.7 cm³/mol. The SMILES string of the molecule is Cc1onc(-c2ccc(Br)s2)c1C(=O)NCc1cccs1. The van der Waals surface area contributed by atoms with Crippen molar-refractivity contribution in [3.05, 3.63) is 49.6 Å². The van der Waals surface area contributed by atoms with Crippen LogP contribution in [0.15, 0.2) is 38.0 Å². The van der Waals surface area contributed by atoms with E-state index < -0.39 is 0 Å². The van der Waals surface area contributed by atoms with Gasteiger partial charge in [-0.25, -0.2) is 0 Å². The van der Waals surface area contributed by atoms with Gasteiger partial charge in [0.15, 0.2) is 0 Å². The Morgan fingerprint density at radius 2 is 2.29 bits per heavy atom. The van der Waals surface area contributed by atoms with Gasteiger partial charge in [-0.15, -0.1) is 22.7 Å². The normalized spacial score (nSPS) is 10.8. The lowest BCUT2D eigenvalue weighted by atomic mass is 10.1. The second-order valence-electron chi connectivity index (χ2n) is 4.33. The highest BCUT2D eigenvalue weighted by molar-refractivity contribution is 9.11. The van der Waals surface area contributed by atoms with Crippen LogP contribution in [-0.2, 0) is 6.54 Å². The number of aromatic nitrogens is 1. The molecule has 0 fully saturated rings. The highest BCUT2D eigenvalue weighted by Crippen LogP contribution is 2.33. The molecule has 0 spiro atoms. The number of amides is 1. The maximum atomic E-state index is 12.4. The zero-order valence-electron chi connectivity index (χ0n) is 11.1. The molecule has 7 heteroatoms. The van der Waals surface area contributed by atoms with Crippen LogP contribution in [0.1, 0.15) is 21.0 Å². The fraction of sp³-hybridized carbons (Fsp3) is 0.143. The van der Waals surface area contributed by atoms with Crippen molar-refractivity contribution in [3.8, 4) is 10.6 Å². The molecule has 0 aliphatic heterocycles. The van der Waals surface area contributed by atoms with Crippen LogP contribution in [0.4, 0.5) is 0 Å². The fourth-order valence-electron chi connectivity index (χ4n) is 1.92. The number of carbonyl (C=O) groups is 1. The van der Waals surface area contributed by atoms with Crippen molar-refractivity contribution in [2.45, 2.75) is 13.5 Å². The summed E-state index contributed by atoms with van der Waals surface area (Å²) in [5.41, 5.74) is 1.09. The Morgan fingerprint density at radius 1 is 1.43 bits per heavy atom. The second-order valence-corrected chi connectivity index (χ2v) is 7.82. The number of carbonyl (C=O) groups excluding carboxylic acids is 1. The zero-order valence-corrected chi connectivity index (χ0v) is 14.3. The molecule has 3 aromatic heterocycles. The molecule has 0 aromatic carbocycles. The number of hydrogen-bond donors (Lipinski definition) is 1. The Hall–Kier alpha value is -1.44. The molecule has 0 saturated carbocycles. The first-order valence-corrected chi connectivity index (χ1v) is 8.66. The summed E-state index contributed by atoms with van der Waals surface area (Å²) in [5, 5.41) is 8.92. The third kappa shape index (κ3) is 3.09. The minimum atomic E-state index is -0.165. The molecule has 0 saturated heterocycles. The van der Waals surface area contributed by atoms with Gasteiger partial charge in [-0.05, 0) is 46.4 Å². The second kappa shape index (κ2) is 6.13. The van der Waals surface area contributed by atoms with Gasteiger partial charge in [-0.2, -0.15) is 0 Å². The van der Waals surface area contributed by atoms with Crippen LogP contribution >= 0.6 is 38.6 Å². The number of hydrogen-bond acceptors (Lipinski definition) is 5. The molecular weight excluding hydrogens is 372 g/mol. The summed E-state index contributed by atoms with van der Waals surface area (Å²) < 4.78 is 6.19. The third-order valence-electron chi connectivity index (χ3n) is 2.90. The molecule has 21 heavy (non-hydrogen) atoms. The van der Waals surface area contributed by atoms with E-state index in [-0.39, 0.29) is 5.91 Å². The summed E-state index contributed by atoms with van der Waals surface area (Å²) in [6, 6.07) is 7.80. The van der Waals surface area contributed by atoms with E-state index in [1.54, 1.807) is 18.3 Å². The van der Waals surface area contributed by atoms with E-state index in [4.69, 9.17) is 4.52 Å². The Bertz CT molecular complexity index is 762. The number of nitrogens with one attached hydrogen (secondary N) is 1. The number of aryl methyl sites for hydroxylation is 1. The van der Waals surface area contributed by atoms with E-state index in [9.17, 15) is 4.79 Å². The molecule has 0 aliphatic carbocycles. The zero-order chi connectivity index (χ0) is 14.8. The van der Waals surface area contributed by atoms with Crippen molar-refractivity contribution in [3.63, 3.8) is 0 Å². The summed E-state index contributed by atoms with van der Waals surface area (Å²) in [6.07, 6.45) is 0. The lowest BCUT2D eigenvalue weighted by molar-refractivity contribution is 0.0950. The average Bonchev–Trinajstić information content (AvgIpc) is 3.17. The van der Waals surface area contributed by atoms with Crippen molar-refractivity contribution in [2.75, 3.05) is 0 Å². The molecule has 3 heterocycles. The quantitative estimate of drug-likeness (QED) is 0.724. The van der Waals surface area contributed by atoms with E-state index in [0.717, 1.165) is 13.5 Å². The lowest BCUT2D eigenvalue weighted by Gasteiger charge is -2.03. The molecule has 0 unspecified atom stereocenters. The molecular formula is C14H11BrN2O2S2. The van der Waals surface area contributed by atoms with E-state index in [1.165, 1.54) is 11.3 Å². The standard InChI is InChI=1S/C14H11BrN2O2S2/c1-8-12(14(18)16-7-9-3-2-6-20-9)13(17-19-8)10-4-5-11(15)21-10/h2-6H,7H2,1H3,(H,16,18). The number of thiophene rings is 2. The van der Waals surface area contributed by atoms with Gasteiger partial charge in [0.1, 0.15) is 17.0 Å². The van der Waals surface area contributed by atoms with E-state index in [0.29, 0.717) is 23.6 Å². The molecule has 0 aliphatic rings. The van der Waals surface area contributed by atoms with E-state index in [1.807, 2.05) is 29.6 Å². The van der Waals surface area contributed by atoms with Crippen molar-refractivity contribution in [1.82, 2.24) is 10.5 Å². The van der Waals surface area contributed by atoms with Crippen LogP contribution in [-0.4, -0.2) is 11.1 Å². The maximum absolute atomic E-state index is 12.4. The monoisotopic (exact) mass is 382 g/mol. The van der Waals surface area contributed by atoms with Gasteiger partial charge in [0.05, 0.1) is 15.2 Å². The summed E-state index contributed by atoms with van der Waals surface area (Å²) >= 11 is 6.55. The first kappa shape index (κ1) is 14.5. The Labute approximate surface area is 137 Å². The largest absolute Gasteiger partial charge is 0.360 e. The van der Waals surface area contributed by atoms with Crippen LogP contribution < -0.4 is 5.32 Å². The smallest absolute Gasteiger partial charge is 0.257 e. The van der Waals surface area contributed by atoms with Crippen LogP contribution in [0.2, 0.25) is 0 Å². The number of nitrogens with zero attached hydrogens (tertiary/aromatic N) is 1. The minimum absolute atomic E-state index is 0.165. The summed E-state index contributed by atoms with van der Waals surface area (Å²) in [5.74, 6) is 0.361. The van der Waals surface area contributed by atoms with Crippen molar-refractivity contribution >= 4 is 44.5 Å². The van der Waals surface area contributed by atoms with Gasteiger partial charge < -0.3 is 9.84 Å². The first-order chi connectivity index (χ1) is 10.1. The van der Waals surface area contributed by atoms with Crippen molar-refractivity contribution in [1.29, 1.82) is 0 Å².